The van der Waals surface area contributed by atoms with E-state index in [1.54, 1.807) is 12.1 Å². The summed E-state index contributed by atoms with van der Waals surface area (Å²) in [5.41, 5.74) is 0.218. The molecule has 0 amide bonds. The molecule has 0 spiro atoms. The Kier molecular flexibility index (Phi) is 5.10. The lowest BCUT2D eigenvalue weighted by atomic mass is 10.1. The van der Waals surface area contributed by atoms with Crippen LogP contribution in [0.5, 0.6) is 11.5 Å². The Morgan fingerprint density at radius 3 is 2.53 bits per heavy atom. The minimum Gasteiger partial charge on any atom is -0.496 e. The maximum absolute atomic E-state index is 11.9. The maximum Gasteiger partial charge on any atom is 0.345 e. The minimum absolute atomic E-state index is 0.218. The zero-order chi connectivity index (χ0) is 12.8. The van der Waals surface area contributed by atoms with Crippen molar-refractivity contribution >= 4 is 17.6 Å². The molecule has 1 aromatic rings. The lowest BCUT2D eigenvalue weighted by molar-refractivity contribution is 0.0497. The molecule has 0 fully saturated rings. The fraction of sp³-hybridized carbons (Fsp3) is 0.417. The molecule has 17 heavy (non-hydrogen) atoms. The monoisotopic (exact) mass is 258 g/mol. The molecule has 0 saturated heterocycles. The summed E-state index contributed by atoms with van der Waals surface area (Å²) in [5, 5.41) is 0.344. The smallest absolute Gasteiger partial charge is 0.345 e. The third-order valence-corrected chi connectivity index (χ3v) is 2.43. The van der Waals surface area contributed by atoms with Gasteiger partial charge in [-0.15, -0.1) is 0 Å². The fourth-order valence-electron chi connectivity index (χ4n) is 1.37. The van der Waals surface area contributed by atoms with E-state index in [1.807, 2.05) is 6.92 Å². The van der Waals surface area contributed by atoms with Crippen LogP contribution in [0.2, 0.25) is 5.02 Å². The molecule has 0 radical (unpaired) electrons. The largest absolute Gasteiger partial charge is 0.496 e. The highest BCUT2D eigenvalue weighted by Crippen LogP contribution is 2.35. The Labute approximate surface area is 105 Å². The molecule has 0 aliphatic rings. The summed E-state index contributed by atoms with van der Waals surface area (Å²) in [6, 6.07) is 3.21. The van der Waals surface area contributed by atoms with Crippen molar-refractivity contribution in [3.05, 3.63) is 22.7 Å². The second-order valence-electron chi connectivity index (χ2n) is 3.29. The molecular weight excluding hydrogens is 244 g/mol. The summed E-state index contributed by atoms with van der Waals surface area (Å²) in [7, 11) is 2.91. The molecule has 0 aliphatic carbocycles. The van der Waals surface area contributed by atoms with Crippen molar-refractivity contribution in [2.45, 2.75) is 13.3 Å². The van der Waals surface area contributed by atoms with Gasteiger partial charge in [0.15, 0.2) is 5.75 Å². The zero-order valence-corrected chi connectivity index (χ0v) is 10.8. The van der Waals surface area contributed by atoms with Crippen LogP contribution in [-0.2, 0) is 4.74 Å². The van der Waals surface area contributed by atoms with Gasteiger partial charge in [0.25, 0.3) is 0 Å². The highest BCUT2D eigenvalue weighted by Gasteiger charge is 2.22. The molecule has 94 valence electrons. The van der Waals surface area contributed by atoms with E-state index in [0.717, 1.165) is 6.42 Å². The molecule has 0 heterocycles. The van der Waals surface area contributed by atoms with E-state index in [-0.39, 0.29) is 11.3 Å². The Bertz CT molecular complexity index is 404. The summed E-state index contributed by atoms with van der Waals surface area (Å²) in [6.07, 6.45) is 0.747. The van der Waals surface area contributed by atoms with Crippen LogP contribution in [0.1, 0.15) is 23.7 Å². The first-order chi connectivity index (χ1) is 8.15. The average molecular weight is 259 g/mol. The number of methoxy groups -OCH3 is 2. The molecule has 0 N–H and O–H groups in total. The van der Waals surface area contributed by atoms with Crippen LogP contribution in [0.4, 0.5) is 0 Å². The van der Waals surface area contributed by atoms with Crippen LogP contribution >= 0.6 is 11.6 Å². The highest BCUT2D eigenvalue weighted by atomic mass is 35.5. The number of halogens is 1. The second kappa shape index (κ2) is 6.35. The number of ether oxygens (including phenoxy) is 3. The Morgan fingerprint density at radius 1 is 1.29 bits per heavy atom. The van der Waals surface area contributed by atoms with Gasteiger partial charge in [-0.1, -0.05) is 18.5 Å². The van der Waals surface area contributed by atoms with E-state index in [1.165, 1.54) is 14.2 Å². The van der Waals surface area contributed by atoms with Crippen LogP contribution in [0.25, 0.3) is 0 Å². The average Bonchev–Trinajstić information content (AvgIpc) is 2.35. The van der Waals surface area contributed by atoms with Crippen molar-refractivity contribution < 1.29 is 19.0 Å². The van der Waals surface area contributed by atoms with E-state index in [2.05, 4.69) is 0 Å². The van der Waals surface area contributed by atoms with Gasteiger partial charge in [0.2, 0.25) is 0 Å². The number of hydrogen-bond donors (Lipinski definition) is 0. The molecular formula is C12H15ClO4. The SMILES string of the molecule is CCCOC(=O)c1c(OC)ccc(Cl)c1OC. The lowest BCUT2D eigenvalue weighted by Crippen LogP contribution is -2.10. The third-order valence-electron chi connectivity index (χ3n) is 2.14. The summed E-state index contributed by atoms with van der Waals surface area (Å²) >= 11 is 5.95. The van der Waals surface area contributed by atoms with Crippen molar-refractivity contribution in [2.24, 2.45) is 0 Å². The molecule has 0 saturated carbocycles. The number of benzene rings is 1. The molecule has 0 unspecified atom stereocenters. The fourth-order valence-corrected chi connectivity index (χ4v) is 1.60. The molecule has 0 aromatic heterocycles. The van der Waals surface area contributed by atoms with E-state index in [4.69, 9.17) is 25.8 Å². The first kappa shape index (κ1) is 13.6. The highest BCUT2D eigenvalue weighted by molar-refractivity contribution is 6.32. The van der Waals surface area contributed by atoms with E-state index in [9.17, 15) is 4.79 Å². The third kappa shape index (κ3) is 3.03. The van der Waals surface area contributed by atoms with Crippen LogP contribution in [0.15, 0.2) is 12.1 Å². The number of hydrogen-bond acceptors (Lipinski definition) is 4. The van der Waals surface area contributed by atoms with E-state index >= 15 is 0 Å². The number of carbonyl (C=O) groups is 1. The predicted molar refractivity (Wildman–Crippen MR) is 65.1 cm³/mol. The molecule has 0 aliphatic heterocycles. The van der Waals surface area contributed by atoms with Gasteiger partial charge in [0.05, 0.1) is 25.8 Å². The normalized spacial score (nSPS) is 9.88. The Balaban J connectivity index is 3.17. The second-order valence-corrected chi connectivity index (χ2v) is 3.70. The van der Waals surface area contributed by atoms with E-state index in [0.29, 0.717) is 17.4 Å². The number of esters is 1. The molecule has 4 nitrogen and oxygen atoms in total. The van der Waals surface area contributed by atoms with Crippen LogP contribution in [0.3, 0.4) is 0 Å². The van der Waals surface area contributed by atoms with Crippen LogP contribution < -0.4 is 9.47 Å². The van der Waals surface area contributed by atoms with Crippen molar-refractivity contribution in [3.8, 4) is 11.5 Å². The zero-order valence-electron chi connectivity index (χ0n) is 10.1. The summed E-state index contributed by atoms with van der Waals surface area (Å²) in [4.78, 5) is 11.9. The molecule has 1 aromatic carbocycles. The first-order valence-corrected chi connectivity index (χ1v) is 5.61. The standard InChI is InChI=1S/C12H15ClO4/c1-4-7-17-12(14)10-9(15-2)6-5-8(13)11(10)16-3/h5-6H,4,7H2,1-3H3. The molecule has 1 rings (SSSR count). The van der Waals surface area contributed by atoms with Gasteiger partial charge in [-0.05, 0) is 18.6 Å². The predicted octanol–water partition coefficient (Wildman–Crippen LogP) is 2.92. The van der Waals surface area contributed by atoms with Gasteiger partial charge in [-0.2, -0.15) is 0 Å². The molecule has 5 heteroatoms. The summed E-state index contributed by atoms with van der Waals surface area (Å²) in [5.74, 6) is 0.155. The van der Waals surface area contributed by atoms with Crippen LogP contribution in [-0.4, -0.2) is 26.8 Å². The Morgan fingerprint density at radius 2 is 2.00 bits per heavy atom. The topological polar surface area (TPSA) is 44.8 Å². The first-order valence-electron chi connectivity index (χ1n) is 5.23. The Hall–Kier alpha value is -1.42. The van der Waals surface area contributed by atoms with Gasteiger partial charge in [-0.3, -0.25) is 0 Å². The van der Waals surface area contributed by atoms with Crippen molar-refractivity contribution in [3.63, 3.8) is 0 Å². The van der Waals surface area contributed by atoms with Crippen LogP contribution in [0, 0.1) is 0 Å². The summed E-state index contributed by atoms with van der Waals surface area (Å²) in [6.45, 7) is 2.26. The minimum atomic E-state index is -0.497. The van der Waals surface area contributed by atoms with Crippen molar-refractivity contribution in [1.29, 1.82) is 0 Å². The van der Waals surface area contributed by atoms with Gasteiger partial charge in [0, 0.05) is 0 Å². The maximum atomic E-state index is 11.9. The van der Waals surface area contributed by atoms with Gasteiger partial charge >= 0.3 is 5.97 Å². The number of carbonyl (C=O) groups excluding carboxylic acids is 1. The quantitative estimate of drug-likeness (QED) is 0.762. The van der Waals surface area contributed by atoms with Crippen molar-refractivity contribution in [2.75, 3.05) is 20.8 Å². The van der Waals surface area contributed by atoms with E-state index < -0.39 is 5.97 Å². The molecule has 0 atom stereocenters. The lowest BCUT2D eigenvalue weighted by Gasteiger charge is -2.13. The van der Waals surface area contributed by atoms with Gasteiger partial charge < -0.3 is 14.2 Å². The number of rotatable bonds is 5. The van der Waals surface area contributed by atoms with Crippen molar-refractivity contribution in [1.82, 2.24) is 0 Å². The van der Waals surface area contributed by atoms with Gasteiger partial charge in [-0.25, -0.2) is 4.79 Å². The summed E-state index contributed by atoms with van der Waals surface area (Å²) < 4.78 is 15.3. The molecule has 0 bridgehead atoms. The van der Waals surface area contributed by atoms with Gasteiger partial charge in [0.1, 0.15) is 11.3 Å².